The van der Waals surface area contributed by atoms with E-state index in [1.807, 2.05) is 13.0 Å². The summed E-state index contributed by atoms with van der Waals surface area (Å²) in [6.45, 7) is 1.93. The van der Waals surface area contributed by atoms with Gasteiger partial charge in [-0.1, -0.05) is 18.2 Å². The molecule has 0 aliphatic rings. The van der Waals surface area contributed by atoms with Crippen LogP contribution in [0.25, 0.3) is 0 Å². The molecule has 1 aromatic carbocycles. The van der Waals surface area contributed by atoms with Gasteiger partial charge in [-0.05, 0) is 34.5 Å². The topological polar surface area (TPSA) is 82.3 Å². The Kier molecular flexibility index (Phi) is 4.05. The van der Waals surface area contributed by atoms with E-state index in [4.69, 9.17) is 4.74 Å². The molecular formula is C14H12N2O4. The number of pyridine rings is 1. The average Bonchev–Trinajstić information content (AvgIpc) is 2.46. The van der Waals surface area contributed by atoms with Crippen LogP contribution < -0.4 is 4.74 Å². The first kappa shape index (κ1) is 13.7. The minimum absolute atomic E-state index is 0.0767. The summed E-state index contributed by atoms with van der Waals surface area (Å²) in [5, 5.41) is 10.8. The number of carbonyl (C=O) groups is 1. The number of aromatic nitrogens is 1. The predicted molar refractivity (Wildman–Crippen MR) is 71.8 cm³/mol. The van der Waals surface area contributed by atoms with Crippen LogP contribution >= 0.6 is 0 Å². The molecule has 0 amide bonds. The van der Waals surface area contributed by atoms with Crippen LogP contribution in [0.4, 0.5) is 5.82 Å². The van der Waals surface area contributed by atoms with Crippen molar-refractivity contribution < 1.29 is 14.5 Å². The van der Waals surface area contributed by atoms with E-state index in [9.17, 15) is 14.9 Å². The molecule has 6 heteroatoms. The van der Waals surface area contributed by atoms with Crippen molar-refractivity contribution in [2.75, 3.05) is 0 Å². The predicted octanol–water partition coefficient (Wildman–Crippen LogP) is 2.69. The Morgan fingerprint density at radius 1 is 1.35 bits per heavy atom. The Morgan fingerprint density at radius 3 is 2.85 bits per heavy atom. The van der Waals surface area contributed by atoms with Crippen LogP contribution in [-0.4, -0.2) is 16.2 Å². The lowest BCUT2D eigenvalue weighted by Gasteiger charge is -2.10. The number of hydrogen-bond donors (Lipinski definition) is 0. The van der Waals surface area contributed by atoms with E-state index in [0.717, 1.165) is 11.8 Å². The normalized spacial score (nSPS) is 10.1. The summed E-state index contributed by atoms with van der Waals surface area (Å²) in [7, 11) is 0. The first-order valence-corrected chi connectivity index (χ1v) is 5.89. The first-order chi connectivity index (χ1) is 9.63. The van der Waals surface area contributed by atoms with E-state index in [-0.39, 0.29) is 18.2 Å². The van der Waals surface area contributed by atoms with Crippen molar-refractivity contribution in [2.45, 2.75) is 13.5 Å². The Labute approximate surface area is 115 Å². The van der Waals surface area contributed by atoms with Gasteiger partial charge in [-0.2, -0.15) is 0 Å². The van der Waals surface area contributed by atoms with E-state index >= 15 is 0 Å². The first-order valence-electron chi connectivity index (χ1n) is 5.89. The standard InChI is InChI=1S/C14H12N2O4/c1-10-4-2-5-11(8-17)12(10)9-20-13-6-3-7-15-14(13)16(18)19/h2-8H,9H2,1H3. The number of carbonyl (C=O) groups excluding carboxylic acids is 1. The van der Waals surface area contributed by atoms with Gasteiger partial charge >= 0.3 is 5.82 Å². The fourth-order valence-electron chi connectivity index (χ4n) is 1.81. The van der Waals surface area contributed by atoms with Crippen LogP contribution in [0.2, 0.25) is 0 Å². The van der Waals surface area contributed by atoms with E-state index < -0.39 is 4.92 Å². The molecular weight excluding hydrogens is 260 g/mol. The van der Waals surface area contributed by atoms with Gasteiger partial charge in [0.15, 0.2) is 0 Å². The Balaban J connectivity index is 2.26. The molecule has 0 aliphatic carbocycles. The summed E-state index contributed by atoms with van der Waals surface area (Å²) in [6.07, 6.45) is 2.07. The molecule has 0 saturated carbocycles. The highest BCUT2D eigenvalue weighted by Gasteiger charge is 2.16. The maximum absolute atomic E-state index is 11.0. The minimum atomic E-state index is -0.603. The third-order valence-electron chi connectivity index (χ3n) is 2.87. The fourth-order valence-corrected chi connectivity index (χ4v) is 1.81. The second kappa shape index (κ2) is 5.92. The van der Waals surface area contributed by atoms with Gasteiger partial charge in [0.25, 0.3) is 0 Å². The number of rotatable bonds is 5. The number of aldehydes is 1. The summed E-state index contributed by atoms with van der Waals surface area (Å²) < 4.78 is 5.44. The lowest BCUT2D eigenvalue weighted by molar-refractivity contribution is -0.390. The molecule has 0 radical (unpaired) electrons. The van der Waals surface area contributed by atoms with E-state index in [2.05, 4.69) is 4.98 Å². The van der Waals surface area contributed by atoms with E-state index in [1.165, 1.54) is 12.3 Å². The number of nitrogens with zero attached hydrogens (tertiary/aromatic N) is 2. The van der Waals surface area contributed by atoms with Crippen molar-refractivity contribution in [3.63, 3.8) is 0 Å². The molecule has 2 aromatic rings. The molecule has 1 aromatic heterocycles. The van der Waals surface area contributed by atoms with Crippen molar-refractivity contribution in [3.8, 4) is 5.75 Å². The minimum Gasteiger partial charge on any atom is -0.481 e. The van der Waals surface area contributed by atoms with Crippen molar-refractivity contribution in [3.05, 3.63) is 63.3 Å². The highest BCUT2D eigenvalue weighted by molar-refractivity contribution is 5.77. The molecule has 0 N–H and O–H groups in total. The molecule has 0 spiro atoms. The molecule has 6 nitrogen and oxygen atoms in total. The van der Waals surface area contributed by atoms with Crippen LogP contribution in [0.15, 0.2) is 36.5 Å². The number of ether oxygens (including phenoxy) is 1. The quantitative estimate of drug-likeness (QED) is 0.474. The van der Waals surface area contributed by atoms with E-state index in [0.29, 0.717) is 11.1 Å². The van der Waals surface area contributed by atoms with Crippen molar-refractivity contribution >= 4 is 12.1 Å². The molecule has 1 heterocycles. The largest absolute Gasteiger partial charge is 0.481 e. The Bertz CT molecular complexity index is 655. The van der Waals surface area contributed by atoms with Crippen molar-refractivity contribution in [1.29, 1.82) is 0 Å². The van der Waals surface area contributed by atoms with E-state index in [1.54, 1.807) is 18.2 Å². The van der Waals surface area contributed by atoms with Gasteiger partial charge in [-0.15, -0.1) is 0 Å². The molecule has 0 aliphatic heterocycles. The third kappa shape index (κ3) is 2.80. The number of nitro groups is 1. The summed E-state index contributed by atoms with van der Waals surface area (Å²) in [6, 6.07) is 8.33. The summed E-state index contributed by atoms with van der Waals surface area (Å²) in [4.78, 5) is 24.9. The van der Waals surface area contributed by atoms with Crippen LogP contribution in [0.3, 0.4) is 0 Å². The maximum atomic E-state index is 11.0. The van der Waals surface area contributed by atoms with Crippen LogP contribution in [0.1, 0.15) is 21.5 Å². The summed E-state index contributed by atoms with van der Waals surface area (Å²) >= 11 is 0. The second-order valence-corrected chi connectivity index (χ2v) is 4.13. The molecule has 0 unspecified atom stereocenters. The lowest BCUT2D eigenvalue weighted by Crippen LogP contribution is -2.04. The Morgan fingerprint density at radius 2 is 2.15 bits per heavy atom. The highest BCUT2D eigenvalue weighted by atomic mass is 16.6. The van der Waals surface area contributed by atoms with Gasteiger partial charge in [0, 0.05) is 11.1 Å². The van der Waals surface area contributed by atoms with Crippen molar-refractivity contribution in [2.24, 2.45) is 0 Å². The van der Waals surface area contributed by atoms with Gasteiger partial charge in [-0.3, -0.25) is 4.79 Å². The second-order valence-electron chi connectivity index (χ2n) is 4.13. The van der Waals surface area contributed by atoms with Crippen molar-refractivity contribution in [1.82, 2.24) is 4.98 Å². The SMILES string of the molecule is Cc1cccc(C=O)c1COc1cccnc1[N+](=O)[O-]. The molecule has 20 heavy (non-hydrogen) atoms. The summed E-state index contributed by atoms with van der Waals surface area (Å²) in [5.74, 6) is -0.258. The maximum Gasteiger partial charge on any atom is 0.406 e. The molecule has 0 bridgehead atoms. The number of benzene rings is 1. The summed E-state index contributed by atoms with van der Waals surface area (Å²) in [5.41, 5.74) is 2.11. The van der Waals surface area contributed by atoms with Gasteiger partial charge < -0.3 is 14.9 Å². The van der Waals surface area contributed by atoms with Crippen LogP contribution in [-0.2, 0) is 6.61 Å². The monoisotopic (exact) mass is 272 g/mol. The fraction of sp³-hybridized carbons (Fsp3) is 0.143. The van der Waals surface area contributed by atoms with Gasteiger partial charge in [0.1, 0.15) is 19.1 Å². The highest BCUT2D eigenvalue weighted by Crippen LogP contribution is 2.25. The Hall–Kier alpha value is -2.76. The zero-order valence-corrected chi connectivity index (χ0v) is 10.8. The lowest BCUT2D eigenvalue weighted by atomic mass is 10.0. The molecule has 102 valence electrons. The molecule has 2 rings (SSSR count). The van der Waals surface area contributed by atoms with Gasteiger partial charge in [-0.25, -0.2) is 0 Å². The number of aryl methyl sites for hydroxylation is 1. The molecule has 0 atom stereocenters. The zero-order chi connectivity index (χ0) is 14.5. The zero-order valence-electron chi connectivity index (χ0n) is 10.8. The van der Waals surface area contributed by atoms with Gasteiger partial charge in [0.2, 0.25) is 5.75 Å². The molecule has 0 fully saturated rings. The third-order valence-corrected chi connectivity index (χ3v) is 2.87. The molecule has 0 saturated heterocycles. The van der Waals surface area contributed by atoms with Crippen LogP contribution in [0.5, 0.6) is 5.75 Å². The smallest absolute Gasteiger partial charge is 0.406 e. The van der Waals surface area contributed by atoms with Crippen LogP contribution in [0, 0.1) is 17.0 Å². The number of hydrogen-bond acceptors (Lipinski definition) is 5. The average molecular weight is 272 g/mol. The van der Waals surface area contributed by atoms with Gasteiger partial charge in [0.05, 0.1) is 0 Å².